The molecule has 2 aromatic rings. The summed E-state index contributed by atoms with van der Waals surface area (Å²) in [4.78, 5) is 0. The van der Waals surface area contributed by atoms with Crippen LogP contribution in [0.4, 0.5) is 0 Å². The van der Waals surface area contributed by atoms with Gasteiger partial charge in [0.05, 0.1) is 17.2 Å². The standard InChI is InChI=1S/C11H10N2O2S4/c14-19(15)6-9(7-19)17-10-12-13(11(16)18-10)8-4-2-1-3-5-8/h1-5,9H,6-7H2. The van der Waals surface area contributed by atoms with Gasteiger partial charge in [-0.25, -0.2) is 13.1 Å². The molecule has 1 fully saturated rings. The Morgan fingerprint density at radius 3 is 2.63 bits per heavy atom. The molecule has 100 valence electrons. The molecule has 8 heteroatoms. The lowest BCUT2D eigenvalue weighted by Crippen LogP contribution is -2.38. The SMILES string of the molecule is O=S1(=O)CC(Sc2nn(-c3ccccc3)c(=S)s2)C1. The fourth-order valence-electron chi connectivity index (χ4n) is 1.77. The van der Waals surface area contributed by atoms with Crippen LogP contribution in [0.5, 0.6) is 0 Å². The minimum absolute atomic E-state index is 0.120. The number of sulfone groups is 1. The van der Waals surface area contributed by atoms with E-state index in [-0.39, 0.29) is 16.8 Å². The molecular weight excluding hydrogens is 320 g/mol. The first-order valence-electron chi connectivity index (χ1n) is 5.56. The van der Waals surface area contributed by atoms with Gasteiger partial charge < -0.3 is 0 Å². The van der Waals surface area contributed by atoms with Crippen molar-refractivity contribution in [2.75, 3.05) is 11.5 Å². The highest BCUT2D eigenvalue weighted by Gasteiger charge is 2.34. The van der Waals surface area contributed by atoms with Gasteiger partial charge in [-0.2, -0.15) is 0 Å². The van der Waals surface area contributed by atoms with E-state index in [4.69, 9.17) is 12.2 Å². The van der Waals surface area contributed by atoms with Gasteiger partial charge in [0.15, 0.2) is 18.1 Å². The number of aromatic nitrogens is 2. The molecule has 1 aromatic carbocycles. The normalized spacial score (nSPS) is 18.1. The summed E-state index contributed by atoms with van der Waals surface area (Å²) in [6.07, 6.45) is 0. The second-order valence-electron chi connectivity index (χ2n) is 4.20. The molecule has 0 bridgehead atoms. The van der Waals surface area contributed by atoms with Crippen molar-refractivity contribution >= 4 is 45.2 Å². The molecule has 0 N–H and O–H groups in total. The van der Waals surface area contributed by atoms with E-state index in [9.17, 15) is 8.42 Å². The Morgan fingerprint density at radius 2 is 2.00 bits per heavy atom. The topological polar surface area (TPSA) is 52.0 Å². The van der Waals surface area contributed by atoms with Crippen LogP contribution in [0, 0.1) is 3.95 Å². The van der Waals surface area contributed by atoms with Crippen LogP contribution in [0.2, 0.25) is 0 Å². The van der Waals surface area contributed by atoms with Gasteiger partial charge in [0.25, 0.3) is 0 Å². The molecule has 1 aliphatic heterocycles. The number of para-hydroxylation sites is 1. The molecule has 0 amide bonds. The summed E-state index contributed by atoms with van der Waals surface area (Å²) in [6.45, 7) is 0. The molecule has 1 aromatic heterocycles. The average Bonchev–Trinajstić information content (AvgIpc) is 2.69. The summed E-state index contributed by atoms with van der Waals surface area (Å²) in [5.74, 6) is 0.491. The third-order valence-electron chi connectivity index (χ3n) is 2.68. The van der Waals surface area contributed by atoms with Gasteiger partial charge in [0, 0.05) is 5.25 Å². The highest BCUT2D eigenvalue weighted by molar-refractivity contribution is 8.05. The van der Waals surface area contributed by atoms with Crippen LogP contribution >= 0.6 is 35.3 Å². The van der Waals surface area contributed by atoms with Crippen LogP contribution in [0.15, 0.2) is 34.7 Å². The maximum atomic E-state index is 11.1. The Hall–Kier alpha value is -0.700. The largest absolute Gasteiger partial charge is 0.229 e. The second-order valence-corrected chi connectivity index (χ2v) is 9.52. The van der Waals surface area contributed by atoms with E-state index >= 15 is 0 Å². The molecule has 0 radical (unpaired) electrons. The molecule has 0 saturated carbocycles. The van der Waals surface area contributed by atoms with E-state index in [1.165, 1.54) is 23.1 Å². The first-order chi connectivity index (χ1) is 9.03. The monoisotopic (exact) mass is 330 g/mol. The zero-order valence-electron chi connectivity index (χ0n) is 9.72. The van der Waals surface area contributed by atoms with Crippen LogP contribution in [0.3, 0.4) is 0 Å². The summed E-state index contributed by atoms with van der Waals surface area (Å²) in [5.41, 5.74) is 0.928. The molecule has 0 aliphatic carbocycles. The fourth-order valence-corrected chi connectivity index (χ4v) is 6.89. The van der Waals surface area contributed by atoms with Crippen molar-refractivity contribution < 1.29 is 8.42 Å². The van der Waals surface area contributed by atoms with Gasteiger partial charge >= 0.3 is 0 Å². The lowest BCUT2D eigenvalue weighted by molar-refractivity contribution is 0.582. The molecule has 1 saturated heterocycles. The number of hydrogen-bond donors (Lipinski definition) is 0. The number of thioether (sulfide) groups is 1. The Morgan fingerprint density at radius 1 is 1.32 bits per heavy atom. The molecule has 0 atom stereocenters. The van der Waals surface area contributed by atoms with Crippen LogP contribution in [-0.2, 0) is 9.84 Å². The molecule has 0 unspecified atom stereocenters. The molecule has 19 heavy (non-hydrogen) atoms. The zero-order chi connectivity index (χ0) is 13.5. The van der Waals surface area contributed by atoms with Gasteiger partial charge in [-0.3, -0.25) is 0 Å². The van der Waals surface area contributed by atoms with Crippen molar-refractivity contribution in [3.63, 3.8) is 0 Å². The summed E-state index contributed by atoms with van der Waals surface area (Å²) in [7, 11) is -2.78. The molecule has 2 heterocycles. The number of hydrogen-bond acceptors (Lipinski definition) is 6. The van der Waals surface area contributed by atoms with E-state index in [2.05, 4.69) is 5.10 Å². The van der Waals surface area contributed by atoms with Crippen LogP contribution < -0.4 is 0 Å². The minimum atomic E-state index is -2.78. The summed E-state index contributed by atoms with van der Waals surface area (Å²) >= 11 is 8.22. The minimum Gasteiger partial charge on any atom is -0.229 e. The number of benzene rings is 1. The summed E-state index contributed by atoms with van der Waals surface area (Å²) < 4.78 is 25.5. The average molecular weight is 330 g/mol. The zero-order valence-corrected chi connectivity index (χ0v) is 13.0. The molecular formula is C11H10N2O2S4. The van der Waals surface area contributed by atoms with Crippen molar-refractivity contribution in [2.45, 2.75) is 9.59 Å². The third-order valence-corrected chi connectivity index (χ3v) is 7.43. The van der Waals surface area contributed by atoms with Crippen molar-refractivity contribution in [3.05, 3.63) is 34.3 Å². The Bertz CT molecular complexity index is 737. The van der Waals surface area contributed by atoms with E-state index in [0.29, 0.717) is 3.95 Å². The van der Waals surface area contributed by atoms with Crippen molar-refractivity contribution in [3.8, 4) is 5.69 Å². The van der Waals surface area contributed by atoms with Crippen LogP contribution in [0.1, 0.15) is 0 Å². The molecule has 4 nitrogen and oxygen atoms in total. The third kappa shape index (κ3) is 2.91. The molecule has 0 spiro atoms. The number of rotatable bonds is 3. The maximum Gasteiger partial charge on any atom is 0.184 e. The van der Waals surface area contributed by atoms with Crippen molar-refractivity contribution in [1.82, 2.24) is 9.78 Å². The van der Waals surface area contributed by atoms with E-state index in [1.807, 2.05) is 30.3 Å². The van der Waals surface area contributed by atoms with Crippen LogP contribution in [-0.4, -0.2) is 35.0 Å². The molecule has 3 rings (SSSR count). The van der Waals surface area contributed by atoms with Gasteiger partial charge in [-0.15, -0.1) is 5.10 Å². The Balaban J connectivity index is 1.81. The summed E-state index contributed by atoms with van der Waals surface area (Å²) in [5, 5.41) is 4.57. The van der Waals surface area contributed by atoms with Gasteiger partial charge in [0.1, 0.15) is 0 Å². The summed E-state index contributed by atoms with van der Waals surface area (Å²) in [6, 6.07) is 9.69. The van der Waals surface area contributed by atoms with Crippen LogP contribution in [0.25, 0.3) is 5.69 Å². The van der Waals surface area contributed by atoms with Gasteiger partial charge in [-0.1, -0.05) is 41.3 Å². The highest BCUT2D eigenvalue weighted by atomic mass is 32.2. The first kappa shape index (κ1) is 13.3. The number of nitrogens with zero attached hydrogens (tertiary/aromatic N) is 2. The fraction of sp³-hybridized carbons (Fsp3) is 0.273. The quantitative estimate of drug-likeness (QED) is 0.810. The highest BCUT2D eigenvalue weighted by Crippen LogP contribution is 2.33. The predicted octanol–water partition coefficient (Wildman–Crippen LogP) is 2.55. The molecule has 1 aliphatic rings. The van der Waals surface area contributed by atoms with E-state index in [1.54, 1.807) is 4.68 Å². The van der Waals surface area contributed by atoms with E-state index < -0.39 is 9.84 Å². The second kappa shape index (κ2) is 5.01. The lowest BCUT2D eigenvalue weighted by Gasteiger charge is -2.23. The Labute approximate surface area is 124 Å². The predicted molar refractivity (Wildman–Crippen MR) is 80.6 cm³/mol. The smallest absolute Gasteiger partial charge is 0.184 e. The van der Waals surface area contributed by atoms with Gasteiger partial charge in [-0.05, 0) is 24.4 Å². The van der Waals surface area contributed by atoms with E-state index in [0.717, 1.165) is 10.0 Å². The maximum absolute atomic E-state index is 11.1. The van der Waals surface area contributed by atoms with Crippen molar-refractivity contribution in [2.24, 2.45) is 0 Å². The Kier molecular flexibility index (Phi) is 3.50. The van der Waals surface area contributed by atoms with Gasteiger partial charge in [0.2, 0.25) is 0 Å². The van der Waals surface area contributed by atoms with Crippen molar-refractivity contribution in [1.29, 1.82) is 0 Å². The lowest BCUT2D eigenvalue weighted by atomic mass is 10.3. The first-order valence-corrected chi connectivity index (χ1v) is 9.49.